The van der Waals surface area contributed by atoms with Crippen LogP contribution in [0.1, 0.15) is 156 Å². The van der Waals surface area contributed by atoms with Gasteiger partial charge in [-0.3, -0.25) is 4.90 Å². The summed E-state index contributed by atoms with van der Waals surface area (Å²) in [6, 6.07) is 49.9. The lowest BCUT2D eigenvalue weighted by molar-refractivity contribution is 0.332. The molecular weight excluding hydrogens is 904 g/mol. The highest BCUT2D eigenvalue weighted by Gasteiger charge is 2.50. The SMILES string of the molecule is CC(C)(C)c1ccc2c(c1)-c1cc3c(oc4ccccc43)c3c1B(c1c(sc4cc5c(cc14)C(C)(C)CCC5(C)C)N3c1ccc(C(C)(C)C)cc1-c1ccccc1)N2c1ccc2c(c1)C(C)(C)CCC2(C)C. The van der Waals surface area contributed by atoms with Gasteiger partial charge in [-0.1, -0.05) is 164 Å². The Hall–Kier alpha value is -6.04. The molecule has 7 aromatic carbocycles. The highest BCUT2D eigenvalue weighted by atomic mass is 32.1. The van der Waals surface area contributed by atoms with E-state index in [2.05, 4.69) is 234 Å². The van der Waals surface area contributed by atoms with Crippen molar-refractivity contribution in [3.63, 3.8) is 0 Å². The molecule has 0 fully saturated rings. The average molecular weight is 975 g/mol. The molecule has 0 atom stereocenters. The number of para-hydroxylation sites is 1. The lowest BCUT2D eigenvalue weighted by atomic mass is 9.43. The summed E-state index contributed by atoms with van der Waals surface area (Å²) in [6.45, 7) is 33.7. The zero-order valence-electron chi connectivity index (χ0n) is 45.7. The second kappa shape index (κ2) is 15.3. The lowest BCUT2D eigenvalue weighted by Gasteiger charge is -2.46. The van der Waals surface area contributed by atoms with Crippen molar-refractivity contribution in [1.29, 1.82) is 0 Å². The largest absolute Gasteiger partial charge is 0.454 e. The predicted octanol–water partition coefficient (Wildman–Crippen LogP) is 18.5. The number of nitrogens with zero attached hydrogens (tertiary/aromatic N) is 2. The van der Waals surface area contributed by atoms with Crippen LogP contribution in [0.5, 0.6) is 0 Å². The summed E-state index contributed by atoms with van der Waals surface area (Å²) in [7, 11) is 0. The number of hydrogen-bond donors (Lipinski definition) is 0. The number of benzene rings is 7. The van der Waals surface area contributed by atoms with E-state index in [1.54, 1.807) is 0 Å². The molecule has 368 valence electrons. The minimum Gasteiger partial charge on any atom is -0.454 e. The minimum atomic E-state index is -0.167. The normalized spacial score (nSPS) is 18.1. The third kappa shape index (κ3) is 6.89. The zero-order chi connectivity index (χ0) is 51.1. The van der Waals surface area contributed by atoms with E-state index in [1.165, 1.54) is 112 Å². The number of thiophene rings is 1. The second-order valence-corrected chi connectivity index (χ2v) is 28.1. The first-order valence-corrected chi connectivity index (χ1v) is 27.9. The molecule has 73 heavy (non-hydrogen) atoms. The fraction of sp³-hybridized carbons (Fsp3) is 0.353. The molecule has 0 radical (unpaired) electrons. The molecule has 2 aromatic heterocycles. The number of hydrogen-bond acceptors (Lipinski definition) is 4. The van der Waals surface area contributed by atoms with Crippen molar-refractivity contribution >= 4 is 88.9 Å². The maximum Gasteiger partial charge on any atom is 0.334 e. The van der Waals surface area contributed by atoms with Crippen LogP contribution in [0.2, 0.25) is 0 Å². The molecule has 0 saturated carbocycles. The average Bonchev–Trinajstić information content (AvgIpc) is 3.92. The van der Waals surface area contributed by atoms with Gasteiger partial charge >= 0.3 is 6.85 Å². The van der Waals surface area contributed by atoms with Crippen LogP contribution in [-0.2, 0) is 32.5 Å². The van der Waals surface area contributed by atoms with Gasteiger partial charge in [-0.05, 0) is 180 Å². The molecule has 3 nitrogen and oxygen atoms in total. The van der Waals surface area contributed by atoms with Crippen LogP contribution in [0.15, 0.2) is 132 Å². The molecule has 2 aliphatic heterocycles. The van der Waals surface area contributed by atoms with Gasteiger partial charge in [0.2, 0.25) is 0 Å². The number of fused-ring (bicyclic) bond motifs is 12. The van der Waals surface area contributed by atoms with E-state index in [0.29, 0.717) is 0 Å². The smallest absolute Gasteiger partial charge is 0.334 e. The molecule has 0 saturated heterocycles. The molecule has 4 aliphatic rings. The van der Waals surface area contributed by atoms with E-state index in [1.807, 2.05) is 11.3 Å². The summed E-state index contributed by atoms with van der Waals surface area (Å²) in [4.78, 5) is 5.46. The molecule has 0 spiro atoms. The quantitative estimate of drug-likeness (QED) is 0.165. The van der Waals surface area contributed by atoms with E-state index in [9.17, 15) is 0 Å². The summed E-state index contributed by atoms with van der Waals surface area (Å²) >= 11 is 1.98. The lowest BCUT2D eigenvalue weighted by Crippen LogP contribution is -2.61. The Morgan fingerprint density at radius 2 is 1.07 bits per heavy atom. The summed E-state index contributed by atoms with van der Waals surface area (Å²) in [6.07, 6.45) is 4.67. The topological polar surface area (TPSA) is 19.6 Å². The first kappa shape index (κ1) is 46.7. The van der Waals surface area contributed by atoms with Crippen molar-refractivity contribution in [1.82, 2.24) is 0 Å². The van der Waals surface area contributed by atoms with Crippen LogP contribution in [0, 0.1) is 0 Å². The van der Waals surface area contributed by atoms with Gasteiger partial charge in [0.15, 0.2) is 5.58 Å². The maximum absolute atomic E-state index is 7.40. The van der Waals surface area contributed by atoms with Crippen LogP contribution in [0.25, 0.3) is 54.3 Å². The van der Waals surface area contributed by atoms with Crippen molar-refractivity contribution < 1.29 is 4.42 Å². The Balaban J connectivity index is 1.24. The van der Waals surface area contributed by atoms with Gasteiger partial charge in [-0.15, -0.1) is 11.3 Å². The molecule has 0 N–H and O–H groups in total. The molecule has 13 rings (SSSR count). The van der Waals surface area contributed by atoms with Gasteiger partial charge in [0, 0.05) is 38.0 Å². The summed E-state index contributed by atoms with van der Waals surface area (Å²) < 4.78 is 8.75. The van der Waals surface area contributed by atoms with Crippen LogP contribution >= 0.6 is 11.3 Å². The van der Waals surface area contributed by atoms with Crippen molar-refractivity contribution in [3.05, 3.63) is 161 Å². The Morgan fingerprint density at radius 3 is 1.73 bits per heavy atom. The van der Waals surface area contributed by atoms with Gasteiger partial charge in [0.05, 0.1) is 16.4 Å². The maximum atomic E-state index is 7.40. The van der Waals surface area contributed by atoms with E-state index in [0.717, 1.165) is 40.5 Å². The Kier molecular flexibility index (Phi) is 9.78. The van der Waals surface area contributed by atoms with Crippen LogP contribution in [0.3, 0.4) is 0 Å². The van der Waals surface area contributed by atoms with Crippen LogP contribution in [0.4, 0.5) is 27.8 Å². The summed E-state index contributed by atoms with van der Waals surface area (Å²) in [5.74, 6) is 0. The van der Waals surface area contributed by atoms with E-state index < -0.39 is 0 Å². The predicted molar refractivity (Wildman–Crippen MR) is 316 cm³/mol. The first-order chi connectivity index (χ1) is 34.4. The Morgan fingerprint density at radius 1 is 0.493 bits per heavy atom. The van der Waals surface area contributed by atoms with Crippen molar-refractivity contribution in [2.75, 3.05) is 9.71 Å². The van der Waals surface area contributed by atoms with Gasteiger partial charge < -0.3 is 9.23 Å². The summed E-state index contributed by atoms with van der Waals surface area (Å²) in [5.41, 5.74) is 23.1. The molecule has 0 amide bonds. The molecule has 0 bridgehead atoms. The minimum absolute atomic E-state index is 0.0349. The molecule has 9 aromatic rings. The van der Waals surface area contributed by atoms with Crippen LogP contribution in [-0.4, -0.2) is 6.85 Å². The molecule has 0 unspecified atom stereocenters. The molecule has 2 aliphatic carbocycles. The van der Waals surface area contributed by atoms with E-state index >= 15 is 0 Å². The first-order valence-electron chi connectivity index (χ1n) is 27.1. The zero-order valence-corrected chi connectivity index (χ0v) is 46.6. The number of rotatable bonds is 3. The molecule has 4 heterocycles. The standard InChI is InChI=1S/C68H71BN2OS/c1-63(2,3)41-24-28-54(45(34-41)40-20-16-15-17-21-40)70-60-58-47(37-48-44-22-18-19-23-56(44)72-61(48)60)46-35-42(64(4,5)6)25-29-55(46)71(43-26-27-50-51(36-43)66(9,10)31-30-65(50,7)8)69(58)59-49-38-52-53(39-57(49)73-62(59)70)68(13,14)33-32-67(52,11)12/h15-29,34-39H,30-33H2,1-14H3. The van der Waals surface area contributed by atoms with Crippen LogP contribution < -0.4 is 20.6 Å². The van der Waals surface area contributed by atoms with E-state index in [4.69, 9.17) is 4.42 Å². The van der Waals surface area contributed by atoms with E-state index in [-0.39, 0.29) is 39.3 Å². The second-order valence-electron chi connectivity index (χ2n) is 27.1. The molecule has 5 heteroatoms. The Bertz CT molecular complexity index is 3790. The van der Waals surface area contributed by atoms with Gasteiger partial charge in [-0.25, -0.2) is 0 Å². The third-order valence-corrected chi connectivity index (χ3v) is 19.5. The number of furan rings is 1. The highest BCUT2D eigenvalue weighted by molar-refractivity contribution is 7.26. The van der Waals surface area contributed by atoms with Crippen molar-refractivity contribution in [2.24, 2.45) is 0 Å². The summed E-state index contributed by atoms with van der Waals surface area (Å²) in [5, 5.41) is 4.94. The number of anilines is 5. The third-order valence-electron chi connectivity index (χ3n) is 18.3. The fourth-order valence-electron chi connectivity index (χ4n) is 13.5. The van der Waals surface area contributed by atoms with Gasteiger partial charge in [-0.2, -0.15) is 0 Å². The monoisotopic (exact) mass is 975 g/mol. The molecular formula is C68H71BN2OS. The Labute approximate surface area is 438 Å². The van der Waals surface area contributed by atoms with Gasteiger partial charge in [0.1, 0.15) is 5.58 Å². The van der Waals surface area contributed by atoms with Gasteiger partial charge in [0.25, 0.3) is 0 Å². The van der Waals surface area contributed by atoms with Crippen molar-refractivity contribution in [3.8, 4) is 22.3 Å². The fourth-order valence-corrected chi connectivity index (χ4v) is 14.8. The highest BCUT2D eigenvalue weighted by Crippen LogP contribution is 2.57. The van der Waals surface area contributed by atoms with Crippen molar-refractivity contribution in [2.45, 2.75) is 155 Å².